The molecule has 2 aromatic heterocycles. The van der Waals surface area contributed by atoms with E-state index in [1.165, 1.54) is 0 Å². The zero-order valence-electron chi connectivity index (χ0n) is 14.8. The Labute approximate surface area is 159 Å². The number of halogens is 2. The summed E-state index contributed by atoms with van der Waals surface area (Å²) in [7, 11) is -1.13. The van der Waals surface area contributed by atoms with Gasteiger partial charge in [-0.1, -0.05) is 42.8 Å². The third kappa shape index (κ3) is 4.89. The third-order valence-electron chi connectivity index (χ3n) is 4.15. The van der Waals surface area contributed by atoms with Gasteiger partial charge in [0.1, 0.15) is 18.0 Å². The zero-order chi connectivity index (χ0) is 18.0. The first-order valence-corrected chi connectivity index (χ1v) is 13.0. The van der Waals surface area contributed by atoms with Crippen molar-refractivity contribution < 1.29 is 14.2 Å². The van der Waals surface area contributed by atoms with Crippen LogP contribution >= 0.6 is 23.2 Å². The number of rotatable bonds is 7. The molecule has 138 valence electrons. The fraction of sp³-hybridized carbons (Fsp3) is 0.588. The molecule has 0 unspecified atom stereocenters. The summed E-state index contributed by atoms with van der Waals surface area (Å²) >= 11 is 12.2. The van der Waals surface area contributed by atoms with Crippen LogP contribution in [0.25, 0.3) is 11.0 Å². The van der Waals surface area contributed by atoms with E-state index in [0.717, 1.165) is 36.7 Å². The number of pyridine rings is 1. The van der Waals surface area contributed by atoms with E-state index in [1.807, 2.05) is 16.7 Å². The van der Waals surface area contributed by atoms with Gasteiger partial charge in [0.05, 0.1) is 29.3 Å². The van der Waals surface area contributed by atoms with Crippen molar-refractivity contribution in [2.45, 2.75) is 44.9 Å². The summed E-state index contributed by atoms with van der Waals surface area (Å²) in [6.45, 7) is 9.47. The van der Waals surface area contributed by atoms with Gasteiger partial charge in [-0.2, -0.15) is 0 Å². The molecule has 0 aliphatic carbocycles. The predicted molar refractivity (Wildman–Crippen MR) is 104 cm³/mol. The Kier molecular flexibility index (Phi) is 5.95. The number of ether oxygens (including phenoxy) is 3. The average Bonchev–Trinajstić information content (AvgIpc) is 3.13. The fourth-order valence-electron chi connectivity index (χ4n) is 2.65. The predicted octanol–water partition coefficient (Wildman–Crippen LogP) is 4.82. The maximum absolute atomic E-state index is 6.16. The van der Waals surface area contributed by atoms with Crippen molar-refractivity contribution in [3.05, 3.63) is 22.3 Å². The van der Waals surface area contributed by atoms with Gasteiger partial charge in [-0.05, 0) is 12.1 Å². The largest absolute Gasteiger partial charge is 0.473 e. The van der Waals surface area contributed by atoms with Crippen molar-refractivity contribution in [3.63, 3.8) is 0 Å². The summed E-state index contributed by atoms with van der Waals surface area (Å²) in [5.74, 6) is 0.712. The van der Waals surface area contributed by atoms with Crippen molar-refractivity contribution in [3.8, 4) is 5.88 Å². The van der Waals surface area contributed by atoms with Crippen LogP contribution in [0.15, 0.2) is 12.1 Å². The van der Waals surface area contributed by atoms with E-state index < -0.39 is 8.07 Å². The summed E-state index contributed by atoms with van der Waals surface area (Å²) in [6.07, 6.45) is 0.934. The highest BCUT2D eigenvalue weighted by Crippen LogP contribution is 2.31. The molecule has 0 saturated carbocycles. The van der Waals surface area contributed by atoms with Crippen LogP contribution in [0, 0.1) is 0 Å². The number of fused-ring (bicyclic) bond motifs is 1. The Morgan fingerprint density at radius 2 is 2.12 bits per heavy atom. The first-order chi connectivity index (χ1) is 11.8. The van der Waals surface area contributed by atoms with Crippen LogP contribution < -0.4 is 4.74 Å². The van der Waals surface area contributed by atoms with E-state index in [1.54, 1.807) is 0 Å². The number of aromatic nitrogens is 2. The summed E-state index contributed by atoms with van der Waals surface area (Å²) < 4.78 is 19.4. The summed E-state index contributed by atoms with van der Waals surface area (Å²) in [6, 6.07) is 4.81. The lowest BCUT2D eigenvalue weighted by atomic mass is 10.3. The van der Waals surface area contributed by atoms with E-state index in [9.17, 15) is 0 Å². The molecule has 8 heteroatoms. The molecule has 0 amide bonds. The molecule has 1 atom stereocenters. The summed E-state index contributed by atoms with van der Waals surface area (Å²) in [4.78, 5) is 4.35. The Hall–Kier alpha value is -0.793. The lowest BCUT2D eigenvalue weighted by Gasteiger charge is -2.18. The zero-order valence-corrected chi connectivity index (χ0v) is 17.4. The molecule has 25 heavy (non-hydrogen) atoms. The van der Waals surface area contributed by atoms with Crippen LogP contribution in [0.4, 0.5) is 0 Å². The first-order valence-electron chi connectivity index (χ1n) is 8.51. The number of hydrogen-bond acceptors (Lipinski definition) is 4. The maximum Gasteiger partial charge on any atom is 0.198 e. The van der Waals surface area contributed by atoms with Crippen LogP contribution in [0.1, 0.15) is 6.42 Å². The van der Waals surface area contributed by atoms with Gasteiger partial charge in [0, 0.05) is 27.2 Å². The molecular formula is C17H24Cl2N2O3Si. The highest BCUT2D eigenvalue weighted by atomic mass is 35.5. The third-order valence-corrected chi connectivity index (χ3v) is 6.53. The van der Waals surface area contributed by atoms with Crippen LogP contribution in [0.2, 0.25) is 35.9 Å². The molecule has 0 radical (unpaired) electrons. The minimum Gasteiger partial charge on any atom is -0.473 e. The standard InChI is InChI=1S/C17H24Cl2N2O3Si/c1-25(2,3)7-6-23-11-21-15-8-13(18)17(19)20-14(15)9-16(21)24-12-4-5-22-10-12/h8-9,12H,4-7,10-11H2,1-3H3/t12-/m0/s1. The van der Waals surface area contributed by atoms with E-state index >= 15 is 0 Å². The molecule has 1 aliphatic rings. The summed E-state index contributed by atoms with van der Waals surface area (Å²) in [5, 5.41) is 0.716. The molecule has 3 rings (SSSR count). The fourth-order valence-corrected chi connectivity index (χ4v) is 3.70. The topological polar surface area (TPSA) is 45.5 Å². The molecule has 3 heterocycles. The van der Waals surface area contributed by atoms with E-state index in [2.05, 4.69) is 24.6 Å². The van der Waals surface area contributed by atoms with Gasteiger partial charge < -0.3 is 14.2 Å². The van der Waals surface area contributed by atoms with Gasteiger partial charge in [0.2, 0.25) is 0 Å². The van der Waals surface area contributed by atoms with E-state index in [0.29, 0.717) is 29.4 Å². The molecule has 1 aliphatic heterocycles. The quantitative estimate of drug-likeness (QED) is 0.378. The Bertz CT molecular complexity index is 740. The second-order valence-electron chi connectivity index (χ2n) is 7.53. The van der Waals surface area contributed by atoms with Crippen molar-refractivity contribution in [2.24, 2.45) is 0 Å². The molecule has 5 nitrogen and oxygen atoms in total. The van der Waals surface area contributed by atoms with Gasteiger partial charge in [0.15, 0.2) is 5.88 Å². The lowest BCUT2D eigenvalue weighted by molar-refractivity contribution is 0.0749. The van der Waals surface area contributed by atoms with E-state index in [4.69, 9.17) is 37.4 Å². The van der Waals surface area contributed by atoms with Crippen molar-refractivity contribution in [1.29, 1.82) is 0 Å². The smallest absolute Gasteiger partial charge is 0.198 e. The molecule has 0 N–H and O–H groups in total. The minimum absolute atomic E-state index is 0.0518. The molecule has 1 saturated heterocycles. The van der Waals surface area contributed by atoms with Crippen LogP contribution in [-0.4, -0.2) is 43.5 Å². The van der Waals surface area contributed by atoms with Crippen LogP contribution in [0.5, 0.6) is 5.88 Å². The lowest BCUT2D eigenvalue weighted by Crippen LogP contribution is -2.22. The first kappa shape index (κ1) is 19.0. The SMILES string of the molecule is C[Si](C)(C)CCOCn1c(O[C@H]2CCOC2)cc2nc(Cl)c(Cl)cc21. The Morgan fingerprint density at radius 1 is 1.32 bits per heavy atom. The Morgan fingerprint density at radius 3 is 2.80 bits per heavy atom. The van der Waals surface area contributed by atoms with Crippen molar-refractivity contribution in [2.75, 3.05) is 19.8 Å². The van der Waals surface area contributed by atoms with Gasteiger partial charge >= 0.3 is 0 Å². The number of hydrogen-bond donors (Lipinski definition) is 0. The molecule has 2 aromatic rings. The number of nitrogens with zero attached hydrogens (tertiary/aromatic N) is 2. The van der Waals surface area contributed by atoms with Gasteiger partial charge in [-0.3, -0.25) is 4.57 Å². The van der Waals surface area contributed by atoms with Crippen molar-refractivity contribution in [1.82, 2.24) is 9.55 Å². The highest BCUT2D eigenvalue weighted by Gasteiger charge is 2.21. The van der Waals surface area contributed by atoms with Crippen LogP contribution in [-0.2, 0) is 16.2 Å². The van der Waals surface area contributed by atoms with Gasteiger partial charge in [-0.25, -0.2) is 4.98 Å². The molecule has 0 spiro atoms. The Balaban J connectivity index is 1.82. The molecule has 0 bridgehead atoms. The van der Waals surface area contributed by atoms with Crippen LogP contribution in [0.3, 0.4) is 0 Å². The van der Waals surface area contributed by atoms with E-state index in [-0.39, 0.29) is 6.10 Å². The second-order valence-corrected chi connectivity index (χ2v) is 13.9. The summed E-state index contributed by atoms with van der Waals surface area (Å²) in [5.41, 5.74) is 1.61. The molecular weight excluding hydrogens is 379 g/mol. The maximum atomic E-state index is 6.16. The molecule has 0 aromatic carbocycles. The second kappa shape index (κ2) is 7.84. The normalized spacial score (nSPS) is 18.2. The monoisotopic (exact) mass is 402 g/mol. The minimum atomic E-state index is -1.13. The average molecular weight is 403 g/mol. The van der Waals surface area contributed by atoms with Gasteiger partial charge in [-0.15, -0.1) is 0 Å². The van der Waals surface area contributed by atoms with Crippen molar-refractivity contribution >= 4 is 42.3 Å². The van der Waals surface area contributed by atoms with Gasteiger partial charge in [0.25, 0.3) is 0 Å². The molecule has 1 fully saturated rings. The highest BCUT2D eigenvalue weighted by molar-refractivity contribution is 6.76.